The molecule has 1 amide bonds. The van der Waals surface area contributed by atoms with Crippen molar-refractivity contribution in [2.45, 2.75) is 63.8 Å². The van der Waals surface area contributed by atoms with Gasteiger partial charge in [-0.25, -0.2) is 0 Å². The van der Waals surface area contributed by atoms with Crippen molar-refractivity contribution in [3.63, 3.8) is 0 Å². The summed E-state index contributed by atoms with van der Waals surface area (Å²) in [7, 11) is 2.45. The van der Waals surface area contributed by atoms with Crippen LogP contribution in [0.25, 0.3) is 21.5 Å². The molecule has 3 aromatic carbocycles. The van der Waals surface area contributed by atoms with Gasteiger partial charge in [0.25, 0.3) is 5.91 Å². The predicted octanol–water partition coefficient (Wildman–Crippen LogP) is 3.70. The molecule has 2 aliphatic rings. The van der Waals surface area contributed by atoms with Crippen LogP contribution in [0.15, 0.2) is 54.6 Å². The molecule has 3 aromatic rings. The third-order valence-electron chi connectivity index (χ3n) is 8.29. The number of fused-ring (bicyclic) bond motifs is 2. The molecule has 1 aliphatic carbocycles. The first kappa shape index (κ1) is 25.4. The average Bonchev–Trinajstić information content (AvgIpc) is 2.81. The molecule has 2 fully saturated rings. The van der Waals surface area contributed by atoms with Crippen LogP contribution in [0.4, 0.5) is 0 Å². The number of nitrogens with zero attached hydrogens (tertiary/aromatic N) is 1. The van der Waals surface area contributed by atoms with E-state index in [0.717, 1.165) is 45.9 Å². The van der Waals surface area contributed by atoms with E-state index in [-0.39, 0.29) is 35.9 Å². The van der Waals surface area contributed by atoms with Crippen LogP contribution < -0.4 is 29.3 Å². The maximum Gasteiger partial charge on any atom is 0.252 e. The number of carbonyl (C=O) groups is 1. The third kappa shape index (κ3) is 5.76. The summed E-state index contributed by atoms with van der Waals surface area (Å²) in [6.07, 6.45) is 12.1. The van der Waals surface area contributed by atoms with Crippen molar-refractivity contribution in [1.82, 2.24) is 5.32 Å². The number of amides is 1. The van der Waals surface area contributed by atoms with Gasteiger partial charge in [-0.15, -0.1) is 0 Å². The zero-order valence-electron chi connectivity index (χ0n) is 20.6. The molecule has 4 heteroatoms. The molecule has 3 nitrogen and oxygen atoms in total. The van der Waals surface area contributed by atoms with Gasteiger partial charge in [-0.3, -0.25) is 4.79 Å². The number of piperidine rings is 1. The van der Waals surface area contributed by atoms with Crippen LogP contribution in [0.1, 0.15) is 68.1 Å². The van der Waals surface area contributed by atoms with Crippen molar-refractivity contribution < 1.29 is 33.3 Å². The number of likely N-dealkylation sites (tertiary alicyclic amines) is 1. The number of carbonyl (C=O) groups excluding carboxylic acids is 1. The Morgan fingerprint density at radius 3 is 1.94 bits per heavy atom. The first-order valence-electron chi connectivity index (χ1n) is 13.2. The van der Waals surface area contributed by atoms with Crippen molar-refractivity contribution in [2.24, 2.45) is 5.92 Å². The van der Waals surface area contributed by atoms with Crippen molar-refractivity contribution in [3.05, 3.63) is 60.2 Å². The van der Waals surface area contributed by atoms with Gasteiger partial charge in [-0.2, -0.15) is 0 Å². The van der Waals surface area contributed by atoms with Crippen LogP contribution in [0.5, 0.6) is 0 Å². The SMILES string of the molecule is C[N+]1(CC2CCCCCCC2)CCC(NC(=O)c2c3ccccc3cc3ccccc23)CC1.[I-]. The monoisotopic (exact) mass is 570 g/mol. The molecule has 1 N–H and O–H groups in total. The summed E-state index contributed by atoms with van der Waals surface area (Å²) < 4.78 is 1.19. The Labute approximate surface area is 221 Å². The Bertz CT molecular complexity index is 1060. The summed E-state index contributed by atoms with van der Waals surface area (Å²) in [6.45, 7) is 3.68. The zero-order valence-corrected chi connectivity index (χ0v) is 22.7. The molecule has 1 saturated heterocycles. The van der Waals surface area contributed by atoms with Crippen LogP contribution in [-0.4, -0.2) is 43.1 Å². The summed E-state index contributed by atoms with van der Waals surface area (Å²) in [4.78, 5) is 13.6. The molecular weight excluding hydrogens is 531 g/mol. The van der Waals surface area contributed by atoms with Crippen molar-refractivity contribution >= 4 is 27.5 Å². The number of quaternary nitrogens is 1. The fraction of sp³-hybridized carbons (Fsp3) is 0.500. The quantitative estimate of drug-likeness (QED) is 0.290. The highest BCUT2D eigenvalue weighted by Gasteiger charge is 2.33. The fourth-order valence-electron chi connectivity index (χ4n) is 6.38. The number of hydrogen-bond donors (Lipinski definition) is 1. The smallest absolute Gasteiger partial charge is 0.252 e. The van der Waals surface area contributed by atoms with E-state index in [9.17, 15) is 4.79 Å². The highest BCUT2D eigenvalue weighted by molar-refractivity contribution is 6.18. The molecule has 0 radical (unpaired) electrons. The van der Waals surface area contributed by atoms with Gasteiger partial charge in [0.05, 0.1) is 32.2 Å². The molecular formula is C30H39IN2O. The molecule has 0 atom stereocenters. The second-order valence-corrected chi connectivity index (χ2v) is 10.9. The molecule has 34 heavy (non-hydrogen) atoms. The molecule has 1 saturated carbocycles. The Morgan fingerprint density at radius 2 is 1.35 bits per heavy atom. The summed E-state index contributed by atoms with van der Waals surface area (Å²) in [5.74, 6) is 0.979. The van der Waals surface area contributed by atoms with E-state index in [0.29, 0.717) is 0 Å². The van der Waals surface area contributed by atoms with E-state index in [1.54, 1.807) is 0 Å². The lowest BCUT2D eigenvalue weighted by Gasteiger charge is -2.43. The van der Waals surface area contributed by atoms with Gasteiger partial charge >= 0.3 is 0 Å². The third-order valence-corrected chi connectivity index (χ3v) is 8.29. The second-order valence-electron chi connectivity index (χ2n) is 10.9. The Balaban J connectivity index is 0.00000274. The Morgan fingerprint density at radius 1 is 0.824 bits per heavy atom. The first-order chi connectivity index (χ1) is 16.1. The van der Waals surface area contributed by atoms with Crippen molar-refractivity contribution in [2.75, 3.05) is 26.7 Å². The van der Waals surface area contributed by atoms with Gasteiger partial charge in [0.2, 0.25) is 0 Å². The molecule has 0 unspecified atom stereocenters. The number of nitrogens with one attached hydrogen (secondary N) is 1. The first-order valence-corrected chi connectivity index (χ1v) is 13.2. The van der Waals surface area contributed by atoms with Gasteiger partial charge in [0.15, 0.2) is 0 Å². The van der Waals surface area contributed by atoms with E-state index in [1.807, 2.05) is 12.1 Å². The summed E-state index contributed by atoms with van der Waals surface area (Å²) in [5.41, 5.74) is 0.834. The number of rotatable bonds is 4. The minimum absolute atomic E-state index is 0. The molecule has 1 aliphatic heterocycles. The van der Waals surface area contributed by atoms with Crippen LogP contribution >= 0.6 is 0 Å². The van der Waals surface area contributed by atoms with Gasteiger partial charge in [-0.1, -0.05) is 80.6 Å². The minimum Gasteiger partial charge on any atom is -1.00 e. The normalized spacial score (nSPS) is 24.2. The van der Waals surface area contributed by atoms with Crippen LogP contribution in [0.3, 0.4) is 0 Å². The number of halogens is 1. The standard InChI is InChI=1S/C30H38N2O.HI/c1-32(22-23-11-5-3-2-4-6-12-23)19-17-26(18-20-32)31-30(33)29-27-15-9-7-13-24(27)21-25-14-8-10-16-28(25)29;/h7-10,13-16,21,23,26H,2-6,11-12,17-20,22H2,1H3;1H. The van der Waals surface area contributed by atoms with Crippen LogP contribution in [0, 0.1) is 5.92 Å². The average molecular weight is 571 g/mol. The van der Waals surface area contributed by atoms with Gasteiger partial charge in [0.1, 0.15) is 0 Å². The lowest BCUT2D eigenvalue weighted by atomic mass is 9.89. The topological polar surface area (TPSA) is 29.1 Å². The van der Waals surface area contributed by atoms with E-state index >= 15 is 0 Å². The van der Waals surface area contributed by atoms with Crippen molar-refractivity contribution in [3.8, 4) is 0 Å². The maximum absolute atomic E-state index is 13.6. The molecule has 0 bridgehead atoms. The summed E-state index contributed by atoms with van der Waals surface area (Å²) in [5, 5.41) is 7.80. The van der Waals surface area contributed by atoms with Gasteiger partial charge in [-0.05, 0) is 40.5 Å². The van der Waals surface area contributed by atoms with E-state index in [1.165, 1.54) is 69.1 Å². The van der Waals surface area contributed by atoms with Crippen molar-refractivity contribution in [1.29, 1.82) is 0 Å². The molecule has 5 rings (SSSR count). The second kappa shape index (κ2) is 11.4. The lowest BCUT2D eigenvalue weighted by Crippen LogP contribution is -3.00. The van der Waals surface area contributed by atoms with E-state index < -0.39 is 0 Å². The molecule has 1 heterocycles. The number of benzene rings is 3. The van der Waals surface area contributed by atoms with Crippen LogP contribution in [-0.2, 0) is 0 Å². The zero-order chi connectivity index (χ0) is 22.7. The Kier molecular flexibility index (Phi) is 8.52. The summed E-state index contributed by atoms with van der Waals surface area (Å²) >= 11 is 0. The Hall–Kier alpha value is -1.66. The molecule has 0 spiro atoms. The molecule has 182 valence electrons. The van der Waals surface area contributed by atoms with Gasteiger partial charge < -0.3 is 33.8 Å². The molecule has 0 aromatic heterocycles. The highest BCUT2D eigenvalue weighted by atomic mass is 127. The maximum atomic E-state index is 13.6. The summed E-state index contributed by atoms with van der Waals surface area (Å²) in [6, 6.07) is 19.0. The minimum atomic E-state index is 0. The largest absolute Gasteiger partial charge is 1.00 e. The number of hydrogen-bond acceptors (Lipinski definition) is 1. The van der Waals surface area contributed by atoms with E-state index in [4.69, 9.17) is 0 Å². The predicted molar refractivity (Wildman–Crippen MR) is 139 cm³/mol. The van der Waals surface area contributed by atoms with Gasteiger partial charge in [0, 0.05) is 24.8 Å². The lowest BCUT2D eigenvalue weighted by molar-refractivity contribution is -0.917. The fourth-order valence-corrected chi connectivity index (χ4v) is 6.38. The van der Waals surface area contributed by atoms with Crippen LogP contribution in [0.2, 0.25) is 0 Å². The highest BCUT2D eigenvalue weighted by Crippen LogP contribution is 2.30. The van der Waals surface area contributed by atoms with E-state index in [2.05, 4.69) is 54.8 Å².